The Morgan fingerprint density at radius 1 is 1.36 bits per heavy atom. The van der Waals surface area contributed by atoms with Gasteiger partial charge >= 0.3 is 0 Å². The second kappa shape index (κ2) is 3.70. The minimum Gasteiger partial charge on any atom is -0.298 e. The standard InChI is InChI=1S/C7H9N3O3S/c1-10(14(2,12)13)7-8-3-6(5-11)4-9-7/h3-5H,1-2H3. The highest BCUT2D eigenvalue weighted by Gasteiger charge is 2.13. The highest BCUT2D eigenvalue weighted by atomic mass is 32.2. The lowest BCUT2D eigenvalue weighted by atomic mass is 10.4. The van der Waals surface area contributed by atoms with Gasteiger partial charge in [-0.15, -0.1) is 0 Å². The zero-order valence-electron chi connectivity index (χ0n) is 7.71. The van der Waals surface area contributed by atoms with Crippen LogP contribution in [-0.4, -0.2) is 38.0 Å². The summed E-state index contributed by atoms with van der Waals surface area (Å²) in [5, 5.41) is 0. The average Bonchev–Trinajstić information content (AvgIpc) is 2.15. The third kappa shape index (κ3) is 2.25. The van der Waals surface area contributed by atoms with Crippen molar-refractivity contribution >= 4 is 22.3 Å². The first-order chi connectivity index (χ1) is 6.45. The molecule has 0 radical (unpaired) electrons. The Morgan fingerprint density at radius 2 is 1.86 bits per heavy atom. The van der Waals surface area contributed by atoms with Gasteiger partial charge in [-0.2, -0.15) is 0 Å². The highest BCUT2D eigenvalue weighted by Crippen LogP contribution is 2.07. The van der Waals surface area contributed by atoms with Crippen molar-refractivity contribution in [2.75, 3.05) is 17.6 Å². The lowest BCUT2D eigenvalue weighted by Crippen LogP contribution is -2.26. The first kappa shape index (κ1) is 10.6. The van der Waals surface area contributed by atoms with Crippen LogP contribution in [0.1, 0.15) is 10.4 Å². The molecule has 1 heterocycles. The Bertz CT molecular complexity index is 426. The largest absolute Gasteiger partial charge is 0.298 e. The fraction of sp³-hybridized carbons (Fsp3) is 0.286. The van der Waals surface area contributed by atoms with Crippen LogP contribution in [-0.2, 0) is 10.0 Å². The SMILES string of the molecule is CN(c1ncc(C=O)cn1)S(C)(=O)=O. The first-order valence-corrected chi connectivity index (χ1v) is 5.51. The van der Waals surface area contributed by atoms with Crippen LogP contribution in [0, 0.1) is 0 Å². The number of hydrogen-bond acceptors (Lipinski definition) is 5. The molecule has 0 aliphatic carbocycles. The molecule has 0 saturated heterocycles. The molecule has 0 N–H and O–H groups in total. The molecule has 0 atom stereocenters. The molecular weight excluding hydrogens is 206 g/mol. The van der Waals surface area contributed by atoms with Crippen molar-refractivity contribution in [3.05, 3.63) is 18.0 Å². The highest BCUT2D eigenvalue weighted by molar-refractivity contribution is 7.92. The molecular formula is C7H9N3O3S. The second-order valence-electron chi connectivity index (χ2n) is 2.66. The Labute approximate surface area is 81.6 Å². The van der Waals surface area contributed by atoms with E-state index in [1.807, 2.05) is 0 Å². The fourth-order valence-corrected chi connectivity index (χ4v) is 1.09. The van der Waals surface area contributed by atoms with E-state index in [2.05, 4.69) is 9.97 Å². The normalized spacial score (nSPS) is 11.0. The number of anilines is 1. The third-order valence-corrected chi connectivity index (χ3v) is 2.73. The minimum absolute atomic E-state index is 0.0399. The Morgan fingerprint density at radius 3 is 2.21 bits per heavy atom. The number of aromatic nitrogens is 2. The van der Waals surface area contributed by atoms with Gasteiger partial charge in [-0.05, 0) is 0 Å². The van der Waals surface area contributed by atoms with Gasteiger partial charge in [-0.3, -0.25) is 4.79 Å². The van der Waals surface area contributed by atoms with Crippen LogP contribution in [0.5, 0.6) is 0 Å². The maximum Gasteiger partial charge on any atom is 0.238 e. The molecule has 1 rings (SSSR count). The van der Waals surface area contributed by atoms with Crippen molar-refractivity contribution in [1.29, 1.82) is 0 Å². The molecule has 1 aromatic heterocycles. The molecule has 0 aliphatic heterocycles. The predicted molar refractivity (Wildman–Crippen MR) is 50.7 cm³/mol. The fourth-order valence-electron chi connectivity index (χ4n) is 0.703. The maximum absolute atomic E-state index is 11.1. The third-order valence-electron chi connectivity index (χ3n) is 1.57. The van der Waals surface area contributed by atoms with Crippen molar-refractivity contribution in [2.24, 2.45) is 0 Å². The molecule has 1 aromatic rings. The van der Waals surface area contributed by atoms with Crippen molar-refractivity contribution < 1.29 is 13.2 Å². The number of hydrogen-bond donors (Lipinski definition) is 0. The number of rotatable bonds is 3. The molecule has 0 aliphatic rings. The van der Waals surface area contributed by atoms with Crippen LogP contribution in [0.25, 0.3) is 0 Å². The van der Waals surface area contributed by atoms with Gasteiger partial charge < -0.3 is 0 Å². The molecule has 76 valence electrons. The molecule has 0 spiro atoms. The van der Waals surface area contributed by atoms with Crippen molar-refractivity contribution in [2.45, 2.75) is 0 Å². The molecule has 0 saturated carbocycles. The van der Waals surface area contributed by atoms with Gasteiger partial charge in [-0.25, -0.2) is 22.7 Å². The van der Waals surface area contributed by atoms with E-state index < -0.39 is 10.0 Å². The molecule has 7 heteroatoms. The molecule has 0 unspecified atom stereocenters. The monoisotopic (exact) mass is 215 g/mol. The summed E-state index contributed by atoms with van der Waals surface area (Å²) in [6.07, 6.45) is 4.16. The summed E-state index contributed by atoms with van der Waals surface area (Å²) in [5.74, 6) is 0.0399. The zero-order chi connectivity index (χ0) is 10.8. The Balaban J connectivity index is 3.04. The smallest absolute Gasteiger partial charge is 0.238 e. The summed E-state index contributed by atoms with van der Waals surface area (Å²) in [7, 11) is -2.02. The maximum atomic E-state index is 11.1. The van der Waals surface area contributed by atoms with Crippen molar-refractivity contribution in [3.8, 4) is 0 Å². The number of carbonyl (C=O) groups excluding carboxylic acids is 1. The van der Waals surface area contributed by atoms with E-state index in [4.69, 9.17) is 0 Å². The Kier molecular flexibility index (Phi) is 2.80. The molecule has 14 heavy (non-hydrogen) atoms. The molecule has 0 fully saturated rings. The summed E-state index contributed by atoms with van der Waals surface area (Å²) >= 11 is 0. The van der Waals surface area contributed by atoms with E-state index >= 15 is 0 Å². The summed E-state index contributed by atoms with van der Waals surface area (Å²) in [6.45, 7) is 0. The van der Waals surface area contributed by atoms with Crippen molar-refractivity contribution in [3.63, 3.8) is 0 Å². The summed E-state index contributed by atoms with van der Waals surface area (Å²) in [4.78, 5) is 17.7. The lowest BCUT2D eigenvalue weighted by molar-refractivity contribution is 0.112. The number of sulfonamides is 1. The molecule has 0 amide bonds. The van der Waals surface area contributed by atoms with Crippen LogP contribution in [0.2, 0.25) is 0 Å². The molecule has 0 aromatic carbocycles. The van der Waals surface area contributed by atoms with Gasteiger partial charge in [0, 0.05) is 19.4 Å². The lowest BCUT2D eigenvalue weighted by Gasteiger charge is -2.13. The summed E-state index contributed by atoms with van der Waals surface area (Å²) in [5.41, 5.74) is 0.302. The van der Waals surface area contributed by atoms with E-state index in [0.29, 0.717) is 11.8 Å². The zero-order valence-corrected chi connectivity index (χ0v) is 8.52. The second-order valence-corrected chi connectivity index (χ2v) is 4.68. The van der Waals surface area contributed by atoms with Gasteiger partial charge in [0.1, 0.15) is 0 Å². The van der Waals surface area contributed by atoms with Crippen molar-refractivity contribution in [1.82, 2.24) is 9.97 Å². The van der Waals surface area contributed by atoms with Crippen LogP contribution < -0.4 is 4.31 Å². The van der Waals surface area contributed by atoms with Crippen LogP contribution in [0.15, 0.2) is 12.4 Å². The van der Waals surface area contributed by atoms with Gasteiger partial charge in [0.15, 0.2) is 6.29 Å². The van der Waals surface area contributed by atoms with E-state index in [9.17, 15) is 13.2 Å². The number of carbonyl (C=O) groups is 1. The molecule has 0 bridgehead atoms. The topological polar surface area (TPSA) is 80.2 Å². The van der Waals surface area contributed by atoms with Crippen LogP contribution in [0.3, 0.4) is 0 Å². The molecule has 6 nitrogen and oxygen atoms in total. The van der Waals surface area contributed by atoms with Gasteiger partial charge in [0.05, 0.1) is 11.8 Å². The Hall–Kier alpha value is -1.50. The van der Waals surface area contributed by atoms with Gasteiger partial charge in [0.2, 0.25) is 16.0 Å². The van der Waals surface area contributed by atoms with E-state index in [1.54, 1.807) is 0 Å². The van der Waals surface area contributed by atoms with E-state index in [0.717, 1.165) is 10.6 Å². The van der Waals surface area contributed by atoms with E-state index in [-0.39, 0.29) is 5.95 Å². The summed E-state index contributed by atoms with van der Waals surface area (Å²) in [6, 6.07) is 0. The van der Waals surface area contributed by atoms with Gasteiger partial charge in [0.25, 0.3) is 0 Å². The predicted octanol–water partition coefficient (Wildman–Crippen LogP) is -0.315. The van der Waals surface area contributed by atoms with Gasteiger partial charge in [-0.1, -0.05) is 0 Å². The average molecular weight is 215 g/mol. The minimum atomic E-state index is -3.36. The van der Waals surface area contributed by atoms with E-state index in [1.165, 1.54) is 19.4 Å². The van der Waals surface area contributed by atoms with Crippen LogP contribution in [0.4, 0.5) is 5.95 Å². The summed E-state index contributed by atoms with van der Waals surface area (Å²) < 4.78 is 23.1. The van der Waals surface area contributed by atoms with Crippen LogP contribution >= 0.6 is 0 Å². The first-order valence-electron chi connectivity index (χ1n) is 3.66. The number of nitrogens with zero attached hydrogens (tertiary/aromatic N) is 3. The number of aldehydes is 1. The quantitative estimate of drug-likeness (QED) is 0.646.